The Bertz CT molecular complexity index is 576. The molecule has 0 bridgehead atoms. The summed E-state index contributed by atoms with van der Waals surface area (Å²) in [6, 6.07) is 3.57. The van der Waals surface area contributed by atoms with Gasteiger partial charge in [-0.3, -0.25) is 4.79 Å². The van der Waals surface area contributed by atoms with E-state index in [9.17, 15) is 17.6 Å². The summed E-state index contributed by atoms with van der Waals surface area (Å²) in [7, 11) is -2.89. The lowest BCUT2D eigenvalue weighted by Crippen LogP contribution is -2.33. The topological polar surface area (TPSA) is 63.7 Å². The van der Waals surface area contributed by atoms with Crippen LogP contribution in [0.2, 0.25) is 0 Å². The molecule has 0 spiro atoms. The second-order valence-corrected chi connectivity index (χ2v) is 6.57. The van der Waals surface area contributed by atoms with E-state index in [-0.39, 0.29) is 6.61 Å². The highest BCUT2D eigenvalue weighted by molar-refractivity contribution is 9.10. The summed E-state index contributed by atoms with van der Waals surface area (Å²) in [5.41, 5.74) is 0. The quantitative estimate of drug-likeness (QED) is 0.756. The van der Waals surface area contributed by atoms with Crippen molar-refractivity contribution in [2.75, 3.05) is 20.2 Å². The Kier molecular flexibility index (Phi) is 5.45. The highest BCUT2D eigenvalue weighted by Gasteiger charge is 2.26. The molecule has 0 heterocycles. The third-order valence-electron chi connectivity index (χ3n) is 2.24. The number of rotatable bonds is 5. The number of ether oxygens (including phenoxy) is 1. The first-order valence-corrected chi connectivity index (χ1v) is 7.59. The van der Waals surface area contributed by atoms with Crippen molar-refractivity contribution >= 4 is 31.9 Å². The van der Waals surface area contributed by atoms with E-state index in [1.54, 1.807) is 6.92 Å². The Morgan fingerprint density at radius 2 is 2.11 bits per heavy atom. The number of nitrogens with zero attached hydrogens (tertiary/aromatic N) is 1. The molecule has 0 amide bonds. The first kappa shape index (κ1) is 16.1. The SMILES string of the molecule is CCOC(=O)CN(C)S(=O)(=O)c1cc(Br)ccc1F. The molecule has 0 fully saturated rings. The number of carbonyl (C=O) groups excluding carboxylic acids is 1. The molecule has 0 atom stereocenters. The molecule has 0 radical (unpaired) electrons. The van der Waals surface area contributed by atoms with Gasteiger partial charge in [0.15, 0.2) is 0 Å². The molecular weight excluding hydrogens is 341 g/mol. The number of hydrogen-bond acceptors (Lipinski definition) is 4. The van der Waals surface area contributed by atoms with Crippen molar-refractivity contribution in [2.24, 2.45) is 0 Å². The second-order valence-electron chi connectivity index (χ2n) is 3.64. The van der Waals surface area contributed by atoms with Gasteiger partial charge in [0.05, 0.1) is 6.61 Å². The Labute approximate surface area is 119 Å². The van der Waals surface area contributed by atoms with Gasteiger partial charge in [-0.05, 0) is 25.1 Å². The Morgan fingerprint density at radius 3 is 2.68 bits per heavy atom. The summed E-state index contributed by atoms with van der Waals surface area (Å²) in [6.07, 6.45) is 0. The van der Waals surface area contributed by atoms with E-state index in [0.29, 0.717) is 4.47 Å². The average molecular weight is 354 g/mol. The highest BCUT2D eigenvalue weighted by atomic mass is 79.9. The van der Waals surface area contributed by atoms with Crippen LogP contribution in [0.4, 0.5) is 4.39 Å². The molecule has 0 aliphatic carbocycles. The minimum Gasteiger partial charge on any atom is -0.465 e. The summed E-state index contributed by atoms with van der Waals surface area (Å²) in [6.45, 7) is 1.29. The standard InChI is InChI=1S/C11H13BrFNO4S/c1-3-18-11(15)7-14(2)19(16,17)10-6-8(12)4-5-9(10)13/h4-6H,3,7H2,1-2H3. The molecule has 8 heteroatoms. The number of esters is 1. The molecule has 19 heavy (non-hydrogen) atoms. The normalized spacial score (nSPS) is 11.6. The van der Waals surface area contributed by atoms with Crippen LogP contribution in [-0.2, 0) is 19.6 Å². The number of halogens is 2. The summed E-state index contributed by atoms with van der Waals surface area (Å²) < 4.78 is 43.6. The monoisotopic (exact) mass is 353 g/mol. The summed E-state index contributed by atoms with van der Waals surface area (Å²) in [4.78, 5) is 10.8. The number of sulfonamides is 1. The van der Waals surface area contributed by atoms with Gasteiger partial charge in [0.2, 0.25) is 10.0 Å². The minimum atomic E-state index is -4.08. The van der Waals surface area contributed by atoms with Crippen LogP contribution in [0, 0.1) is 5.82 Å². The number of carbonyl (C=O) groups is 1. The van der Waals surface area contributed by atoms with Crippen molar-refractivity contribution in [3.8, 4) is 0 Å². The zero-order valence-electron chi connectivity index (χ0n) is 10.4. The molecule has 1 aromatic carbocycles. The summed E-state index contributed by atoms with van der Waals surface area (Å²) >= 11 is 3.07. The van der Waals surface area contributed by atoms with Gasteiger partial charge in [0, 0.05) is 11.5 Å². The second kappa shape index (κ2) is 6.44. The predicted octanol–water partition coefficient (Wildman–Crippen LogP) is 1.77. The molecular formula is C11H13BrFNO4S. The Hall–Kier alpha value is -0.990. The molecule has 0 aliphatic rings. The van der Waals surface area contributed by atoms with Crippen LogP contribution >= 0.6 is 15.9 Å². The molecule has 1 rings (SSSR count). The van der Waals surface area contributed by atoms with Gasteiger partial charge in [-0.15, -0.1) is 0 Å². The third kappa shape index (κ3) is 3.99. The molecule has 0 saturated heterocycles. The van der Waals surface area contributed by atoms with E-state index in [1.807, 2.05) is 0 Å². The van der Waals surface area contributed by atoms with Gasteiger partial charge in [-0.2, -0.15) is 4.31 Å². The Balaban J connectivity index is 3.03. The number of hydrogen-bond donors (Lipinski definition) is 0. The molecule has 0 unspecified atom stereocenters. The molecule has 0 aliphatic heterocycles. The summed E-state index contributed by atoms with van der Waals surface area (Å²) in [5.74, 6) is -1.57. The first-order chi connectivity index (χ1) is 8.78. The van der Waals surface area contributed by atoms with Gasteiger partial charge in [0.25, 0.3) is 0 Å². The fraction of sp³-hybridized carbons (Fsp3) is 0.364. The Morgan fingerprint density at radius 1 is 1.47 bits per heavy atom. The van der Waals surface area contributed by atoms with Crippen LogP contribution in [0.3, 0.4) is 0 Å². The first-order valence-electron chi connectivity index (χ1n) is 5.36. The molecule has 1 aromatic rings. The van der Waals surface area contributed by atoms with E-state index in [0.717, 1.165) is 16.4 Å². The van der Waals surface area contributed by atoms with Crippen molar-refractivity contribution in [3.05, 3.63) is 28.5 Å². The van der Waals surface area contributed by atoms with Crippen molar-refractivity contribution in [3.63, 3.8) is 0 Å². The fourth-order valence-electron chi connectivity index (χ4n) is 1.32. The smallest absolute Gasteiger partial charge is 0.321 e. The summed E-state index contributed by atoms with van der Waals surface area (Å²) in [5, 5.41) is 0. The van der Waals surface area contributed by atoms with E-state index in [4.69, 9.17) is 0 Å². The van der Waals surface area contributed by atoms with Crippen LogP contribution in [0.25, 0.3) is 0 Å². The average Bonchev–Trinajstić information content (AvgIpc) is 2.32. The van der Waals surface area contributed by atoms with Crippen molar-refractivity contribution in [1.82, 2.24) is 4.31 Å². The largest absolute Gasteiger partial charge is 0.465 e. The molecule has 106 valence electrons. The van der Waals surface area contributed by atoms with E-state index >= 15 is 0 Å². The lowest BCUT2D eigenvalue weighted by molar-refractivity contribution is -0.143. The van der Waals surface area contributed by atoms with Crippen molar-refractivity contribution < 1.29 is 22.3 Å². The van der Waals surface area contributed by atoms with Crippen LogP contribution in [-0.4, -0.2) is 38.9 Å². The number of benzene rings is 1. The maximum absolute atomic E-state index is 13.6. The maximum Gasteiger partial charge on any atom is 0.321 e. The fourth-order valence-corrected chi connectivity index (χ4v) is 3.03. The highest BCUT2D eigenvalue weighted by Crippen LogP contribution is 2.22. The van der Waals surface area contributed by atoms with Crippen LogP contribution in [0.15, 0.2) is 27.6 Å². The van der Waals surface area contributed by atoms with Crippen LogP contribution < -0.4 is 0 Å². The third-order valence-corrected chi connectivity index (χ3v) is 4.55. The maximum atomic E-state index is 13.6. The molecule has 5 nitrogen and oxygen atoms in total. The zero-order chi connectivity index (χ0) is 14.6. The van der Waals surface area contributed by atoms with Gasteiger partial charge in [-0.1, -0.05) is 15.9 Å². The lowest BCUT2D eigenvalue weighted by atomic mass is 10.3. The number of likely N-dealkylation sites (N-methyl/N-ethyl adjacent to an activating group) is 1. The zero-order valence-corrected chi connectivity index (χ0v) is 12.8. The van der Waals surface area contributed by atoms with E-state index in [1.165, 1.54) is 13.1 Å². The van der Waals surface area contributed by atoms with Gasteiger partial charge < -0.3 is 4.74 Å². The predicted molar refractivity (Wildman–Crippen MR) is 70.5 cm³/mol. The van der Waals surface area contributed by atoms with Crippen LogP contribution in [0.1, 0.15) is 6.92 Å². The molecule has 0 saturated carbocycles. The van der Waals surface area contributed by atoms with Crippen LogP contribution in [0.5, 0.6) is 0 Å². The molecule has 0 aromatic heterocycles. The van der Waals surface area contributed by atoms with Gasteiger partial charge >= 0.3 is 5.97 Å². The van der Waals surface area contributed by atoms with E-state index < -0.39 is 33.3 Å². The van der Waals surface area contributed by atoms with Gasteiger partial charge in [-0.25, -0.2) is 12.8 Å². The lowest BCUT2D eigenvalue weighted by Gasteiger charge is -2.16. The molecule has 0 N–H and O–H groups in total. The minimum absolute atomic E-state index is 0.151. The van der Waals surface area contributed by atoms with Crippen molar-refractivity contribution in [2.45, 2.75) is 11.8 Å². The van der Waals surface area contributed by atoms with E-state index in [2.05, 4.69) is 20.7 Å². The van der Waals surface area contributed by atoms with Crippen molar-refractivity contribution in [1.29, 1.82) is 0 Å². The van der Waals surface area contributed by atoms with Gasteiger partial charge in [0.1, 0.15) is 17.3 Å².